The number of nitrogens with zero attached hydrogens (tertiary/aromatic N) is 2. The molecule has 0 aliphatic carbocycles. The average molecular weight is 404 g/mol. The van der Waals surface area contributed by atoms with E-state index >= 15 is 0 Å². The second-order valence-corrected chi connectivity index (χ2v) is 7.74. The number of anilines is 1. The number of ether oxygens (including phenoxy) is 1. The molecule has 1 N–H and O–H groups in total. The number of methoxy groups -OCH3 is 1. The molecule has 1 aliphatic rings. The van der Waals surface area contributed by atoms with Crippen molar-refractivity contribution in [2.24, 2.45) is 0 Å². The van der Waals surface area contributed by atoms with Crippen LogP contribution < -0.4 is 10.1 Å². The van der Waals surface area contributed by atoms with E-state index in [9.17, 15) is 0 Å². The SMILES string of the molecule is COc1ccccc1CN(C(=S)Nc1cccc(Cl)c1)C1CCN(C)CC1. The monoisotopic (exact) mass is 403 g/mol. The fraction of sp³-hybridized carbons (Fsp3) is 0.381. The summed E-state index contributed by atoms with van der Waals surface area (Å²) in [6.45, 7) is 2.87. The smallest absolute Gasteiger partial charge is 0.173 e. The second kappa shape index (κ2) is 9.40. The van der Waals surface area contributed by atoms with Crippen LogP contribution in [0.3, 0.4) is 0 Å². The topological polar surface area (TPSA) is 27.7 Å². The Kier molecular flexibility index (Phi) is 6.94. The molecule has 4 nitrogen and oxygen atoms in total. The standard InChI is InChI=1S/C21H26ClN3OS/c1-24-12-10-19(11-13-24)25(15-16-6-3-4-9-20(16)26-2)21(27)23-18-8-5-7-17(22)14-18/h3-9,14,19H,10-13,15H2,1-2H3,(H,23,27). The molecule has 0 atom stereocenters. The van der Waals surface area contributed by atoms with E-state index in [0.717, 1.165) is 48.0 Å². The molecular formula is C21H26ClN3OS. The van der Waals surface area contributed by atoms with Gasteiger partial charge in [-0.3, -0.25) is 0 Å². The van der Waals surface area contributed by atoms with Crippen molar-refractivity contribution < 1.29 is 4.74 Å². The highest BCUT2D eigenvalue weighted by Crippen LogP contribution is 2.25. The van der Waals surface area contributed by atoms with Gasteiger partial charge in [-0.2, -0.15) is 0 Å². The number of benzene rings is 2. The maximum absolute atomic E-state index is 6.12. The molecule has 0 spiro atoms. The third-order valence-corrected chi connectivity index (χ3v) is 5.57. The molecule has 6 heteroatoms. The van der Waals surface area contributed by atoms with E-state index in [1.54, 1.807) is 7.11 Å². The summed E-state index contributed by atoms with van der Waals surface area (Å²) >= 11 is 11.9. The first-order chi connectivity index (χ1) is 13.1. The van der Waals surface area contributed by atoms with Crippen LogP contribution in [-0.4, -0.2) is 48.2 Å². The summed E-state index contributed by atoms with van der Waals surface area (Å²) in [4.78, 5) is 4.66. The van der Waals surface area contributed by atoms with E-state index in [1.165, 1.54) is 0 Å². The average Bonchev–Trinajstić information content (AvgIpc) is 2.67. The fourth-order valence-electron chi connectivity index (χ4n) is 3.45. The van der Waals surface area contributed by atoms with Crippen LogP contribution in [-0.2, 0) is 6.54 Å². The quantitative estimate of drug-likeness (QED) is 0.734. The summed E-state index contributed by atoms with van der Waals surface area (Å²) in [5.74, 6) is 0.890. The fourth-order valence-corrected chi connectivity index (χ4v) is 3.97. The van der Waals surface area contributed by atoms with Gasteiger partial charge < -0.3 is 19.9 Å². The van der Waals surface area contributed by atoms with Crippen molar-refractivity contribution in [3.8, 4) is 5.75 Å². The minimum absolute atomic E-state index is 0.394. The van der Waals surface area contributed by atoms with Gasteiger partial charge >= 0.3 is 0 Å². The Bertz CT molecular complexity index is 778. The summed E-state index contributed by atoms with van der Waals surface area (Å²) in [5, 5.41) is 4.78. The Morgan fingerprint density at radius 1 is 1.22 bits per heavy atom. The minimum atomic E-state index is 0.394. The molecule has 3 rings (SSSR count). The Morgan fingerprint density at radius 2 is 1.96 bits per heavy atom. The van der Waals surface area contributed by atoms with Crippen LogP contribution in [0.15, 0.2) is 48.5 Å². The van der Waals surface area contributed by atoms with Crippen molar-refractivity contribution in [3.63, 3.8) is 0 Å². The predicted molar refractivity (Wildman–Crippen MR) is 117 cm³/mol. The Hall–Kier alpha value is -1.82. The Balaban J connectivity index is 1.81. The van der Waals surface area contributed by atoms with Crippen LogP contribution in [0.2, 0.25) is 5.02 Å². The number of likely N-dealkylation sites (tertiary alicyclic amines) is 1. The third kappa shape index (κ3) is 5.34. The summed E-state index contributed by atoms with van der Waals surface area (Å²) in [5.41, 5.74) is 2.04. The molecule has 0 bridgehead atoms. The lowest BCUT2D eigenvalue weighted by molar-refractivity contribution is 0.173. The van der Waals surface area contributed by atoms with Crippen LogP contribution in [0.5, 0.6) is 5.75 Å². The molecule has 144 valence electrons. The first kappa shape index (κ1) is 19.9. The highest BCUT2D eigenvalue weighted by atomic mass is 35.5. The zero-order valence-corrected chi connectivity index (χ0v) is 17.4. The molecule has 2 aromatic rings. The predicted octanol–water partition coefficient (Wildman–Crippen LogP) is 4.64. The minimum Gasteiger partial charge on any atom is -0.496 e. The summed E-state index contributed by atoms with van der Waals surface area (Å²) in [6.07, 6.45) is 2.17. The van der Waals surface area contributed by atoms with E-state index in [-0.39, 0.29) is 0 Å². The zero-order chi connectivity index (χ0) is 19.2. The van der Waals surface area contributed by atoms with E-state index in [0.29, 0.717) is 17.6 Å². The van der Waals surface area contributed by atoms with Gasteiger partial charge in [-0.05, 0) is 69.5 Å². The maximum Gasteiger partial charge on any atom is 0.173 e. The number of hydrogen-bond donors (Lipinski definition) is 1. The first-order valence-corrected chi connectivity index (χ1v) is 9.99. The second-order valence-electron chi connectivity index (χ2n) is 6.91. The molecule has 0 radical (unpaired) electrons. The van der Waals surface area contributed by atoms with Crippen LogP contribution in [0, 0.1) is 0 Å². The van der Waals surface area contributed by atoms with Crippen LogP contribution in [0.1, 0.15) is 18.4 Å². The number of para-hydroxylation sites is 1. The van der Waals surface area contributed by atoms with Crippen molar-refractivity contribution in [2.75, 3.05) is 32.6 Å². The molecule has 1 saturated heterocycles. The lowest BCUT2D eigenvalue weighted by Gasteiger charge is -2.39. The van der Waals surface area contributed by atoms with Crippen molar-refractivity contribution in [2.45, 2.75) is 25.4 Å². The number of nitrogens with one attached hydrogen (secondary N) is 1. The van der Waals surface area contributed by atoms with Crippen molar-refractivity contribution in [1.29, 1.82) is 0 Å². The van der Waals surface area contributed by atoms with Gasteiger partial charge in [0.15, 0.2) is 5.11 Å². The molecule has 2 aromatic carbocycles. The Morgan fingerprint density at radius 3 is 2.67 bits per heavy atom. The number of thiocarbonyl (C=S) groups is 1. The van der Waals surface area contributed by atoms with Crippen molar-refractivity contribution >= 4 is 34.6 Å². The molecule has 0 saturated carbocycles. The van der Waals surface area contributed by atoms with Crippen LogP contribution >= 0.6 is 23.8 Å². The van der Waals surface area contributed by atoms with Gasteiger partial charge in [0.05, 0.1) is 7.11 Å². The van der Waals surface area contributed by atoms with E-state index < -0.39 is 0 Å². The lowest BCUT2D eigenvalue weighted by atomic mass is 10.0. The van der Waals surface area contributed by atoms with Gasteiger partial charge in [0.1, 0.15) is 5.75 Å². The molecule has 1 fully saturated rings. The highest BCUT2D eigenvalue weighted by Gasteiger charge is 2.26. The molecular weight excluding hydrogens is 378 g/mol. The number of piperidine rings is 1. The summed E-state index contributed by atoms with van der Waals surface area (Å²) in [6, 6.07) is 16.2. The zero-order valence-electron chi connectivity index (χ0n) is 15.8. The lowest BCUT2D eigenvalue weighted by Crippen LogP contribution is -2.47. The first-order valence-electron chi connectivity index (χ1n) is 9.20. The van der Waals surface area contributed by atoms with Crippen molar-refractivity contribution in [1.82, 2.24) is 9.80 Å². The van der Waals surface area contributed by atoms with Crippen LogP contribution in [0.25, 0.3) is 0 Å². The normalized spacial score (nSPS) is 15.4. The van der Waals surface area contributed by atoms with E-state index in [2.05, 4.69) is 28.2 Å². The van der Waals surface area contributed by atoms with Gasteiger partial charge in [0.2, 0.25) is 0 Å². The molecule has 27 heavy (non-hydrogen) atoms. The number of halogens is 1. The summed E-state index contributed by atoms with van der Waals surface area (Å²) < 4.78 is 5.55. The van der Waals surface area contributed by atoms with E-state index in [1.807, 2.05) is 42.5 Å². The number of rotatable bonds is 5. The van der Waals surface area contributed by atoms with Gasteiger partial charge in [-0.1, -0.05) is 35.9 Å². The largest absolute Gasteiger partial charge is 0.496 e. The molecule has 1 heterocycles. The molecule has 0 aromatic heterocycles. The third-order valence-electron chi connectivity index (χ3n) is 5.00. The van der Waals surface area contributed by atoms with Gasteiger partial charge in [-0.25, -0.2) is 0 Å². The summed E-state index contributed by atoms with van der Waals surface area (Å²) in [7, 11) is 3.88. The maximum atomic E-state index is 6.12. The Labute approximate surface area is 172 Å². The van der Waals surface area contributed by atoms with Crippen molar-refractivity contribution in [3.05, 3.63) is 59.1 Å². The van der Waals surface area contributed by atoms with Crippen LogP contribution in [0.4, 0.5) is 5.69 Å². The van der Waals surface area contributed by atoms with E-state index in [4.69, 9.17) is 28.6 Å². The molecule has 1 aliphatic heterocycles. The number of hydrogen-bond acceptors (Lipinski definition) is 3. The molecule has 0 amide bonds. The van der Waals surface area contributed by atoms with Gasteiger partial charge in [-0.15, -0.1) is 0 Å². The molecule has 0 unspecified atom stereocenters. The highest BCUT2D eigenvalue weighted by molar-refractivity contribution is 7.80. The van der Waals surface area contributed by atoms with Gasteiger partial charge in [0.25, 0.3) is 0 Å². The van der Waals surface area contributed by atoms with Gasteiger partial charge in [0, 0.05) is 28.9 Å².